The van der Waals surface area contributed by atoms with Gasteiger partial charge >= 0.3 is 0 Å². The molecule has 18 heavy (non-hydrogen) atoms. The maximum Gasteiger partial charge on any atom is 0.248 e. The van der Waals surface area contributed by atoms with Gasteiger partial charge in [-0.1, -0.05) is 20.3 Å². The number of nitrogen functional groups attached to an aromatic ring is 1. The van der Waals surface area contributed by atoms with Crippen molar-refractivity contribution in [3.8, 4) is 0 Å². The number of anilines is 2. The third-order valence-corrected chi connectivity index (χ3v) is 3.27. The van der Waals surface area contributed by atoms with Crippen molar-refractivity contribution in [1.82, 2.24) is 0 Å². The fourth-order valence-corrected chi connectivity index (χ4v) is 1.87. The van der Waals surface area contributed by atoms with Crippen molar-refractivity contribution in [3.63, 3.8) is 0 Å². The van der Waals surface area contributed by atoms with Crippen LogP contribution in [0.5, 0.6) is 0 Å². The maximum absolute atomic E-state index is 11.2. The summed E-state index contributed by atoms with van der Waals surface area (Å²) >= 11 is 0. The van der Waals surface area contributed by atoms with Crippen LogP contribution >= 0.6 is 0 Å². The van der Waals surface area contributed by atoms with Crippen LogP contribution in [0.2, 0.25) is 0 Å². The zero-order chi connectivity index (χ0) is 13.7. The van der Waals surface area contributed by atoms with Crippen LogP contribution in [0.3, 0.4) is 0 Å². The van der Waals surface area contributed by atoms with Gasteiger partial charge in [-0.05, 0) is 31.0 Å². The minimum absolute atomic E-state index is 0.421. The van der Waals surface area contributed by atoms with E-state index < -0.39 is 5.91 Å². The van der Waals surface area contributed by atoms with Gasteiger partial charge in [0.15, 0.2) is 0 Å². The van der Waals surface area contributed by atoms with E-state index in [1.54, 1.807) is 18.2 Å². The Hall–Kier alpha value is -1.71. The molecule has 0 aliphatic carbocycles. The lowest BCUT2D eigenvalue weighted by Crippen LogP contribution is -2.29. The largest absolute Gasteiger partial charge is 0.397 e. The lowest BCUT2D eigenvalue weighted by atomic mass is 10.1. The smallest absolute Gasteiger partial charge is 0.248 e. The first kappa shape index (κ1) is 14.4. The normalized spacial score (nSPS) is 12.2. The van der Waals surface area contributed by atoms with Crippen molar-refractivity contribution < 1.29 is 4.79 Å². The first-order valence-electron chi connectivity index (χ1n) is 6.43. The van der Waals surface area contributed by atoms with Gasteiger partial charge in [-0.15, -0.1) is 0 Å². The van der Waals surface area contributed by atoms with E-state index in [4.69, 9.17) is 11.5 Å². The summed E-state index contributed by atoms with van der Waals surface area (Å²) in [6.07, 6.45) is 1.12. The number of carbonyl (C=O) groups excluding carboxylic acids is 1. The Bertz CT molecular complexity index is 418. The van der Waals surface area contributed by atoms with E-state index in [2.05, 4.69) is 25.7 Å². The molecule has 4 nitrogen and oxygen atoms in total. The van der Waals surface area contributed by atoms with Gasteiger partial charge in [0.1, 0.15) is 0 Å². The van der Waals surface area contributed by atoms with E-state index in [9.17, 15) is 4.79 Å². The molecular formula is C14H23N3O. The predicted octanol–water partition coefficient (Wildman–Crippen LogP) is 2.24. The molecule has 0 fully saturated rings. The zero-order valence-corrected chi connectivity index (χ0v) is 11.4. The van der Waals surface area contributed by atoms with Crippen LogP contribution in [-0.4, -0.2) is 19.0 Å². The van der Waals surface area contributed by atoms with Crippen molar-refractivity contribution in [3.05, 3.63) is 23.8 Å². The Morgan fingerprint density at radius 3 is 2.56 bits per heavy atom. The van der Waals surface area contributed by atoms with Crippen molar-refractivity contribution in [2.75, 3.05) is 23.7 Å². The number of carbonyl (C=O) groups is 1. The molecule has 1 aromatic rings. The molecule has 0 radical (unpaired) electrons. The Balaban J connectivity index is 3.04. The van der Waals surface area contributed by atoms with Crippen LogP contribution in [0.25, 0.3) is 0 Å². The predicted molar refractivity (Wildman–Crippen MR) is 76.7 cm³/mol. The first-order chi connectivity index (χ1) is 8.49. The summed E-state index contributed by atoms with van der Waals surface area (Å²) in [4.78, 5) is 13.4. The fraction of sp³-hybridized carbons (Fsp3) is 0.500. The van der Waals surface area contributed by atoms with Crippen molar-refractivity contribution in [1.29, 1.82) is 0 Å². The van der Waals surface area contributed by atoms with Crippen molar-refractivity contribution in [2.24, 2.45) is 11.7 Å². The Kier molecular flexibility index (Phi) is 5.01. The van der Waals surface area contributed by atoms with Crippen LogP contribution in [0, 0.1) is 5.92 Å². The van der Waals surface area contributed by atoms with E-state index >= 15 is 0 Å². The second-order valence-electron chi connectivity index (χ2n) is 4.69. The molecule has 4 N–H and O–H groups in total. The third-order valence-electron chi connectivity index (χ3n) is 3.27. The summed E-state index contributed by atoms with van der Waals surface area (Å²) in [6.45, 7) is 8.24. The van der Waals surface area contributed by atoms with Crippen LogP contribution in [0.4, 0.5) is 11.4 Å². The Labute approximate surface area is 109 Å². The lowest BCUT2D eigenvalue weighted by Gasteiger charge is -2.27. The van der Waals surface area contributed by atoms with E-state index in [0.717, 1.165) is 25.2 Å². The highest BCUT2D eigenvalue weighted by atomic mass is 16.1. The molecule has 0 aromatic heterocycles. The summed E-state index contributed by atoms with van der Waals surface area (Å²) in [7, 11) is 0. The average Bonchev–Trinajstić information content (AvgIpc) is 2.36. The number of hydrogen-bond acceptors (Lipinski definition) is 3. The minimum atomic E-state index is -0.421. The van der Waals surface area contributed by atoms with E-state index in [1.165, 1.54) is 0 Å². The van der Waals surface area contributed by atoms with Crippen molar-refractivity contribution >= 4 is 17.3 Å². The lowest BCUT2D eigenvalue weighted by molar-refractivity contribution is 0.100. The second kappa shape index (κ2) is 6.28. The molecular weight excluding hydrogens is 226 g/mol. The van der Waals surface area contributed by atoms with Crippen LogP contribution < -0.4 is 16.4 Å². The summed E-state index contributed by atoms with van der Waals surface area (Å²) in [5, 5.41) is 0. The second-order valence-corrected chi connectivity index (χ2v) is 4.69. The number of benzene rings is 1. The molecule has 0 spiro atoms. The number of nitrogens with zero attached hydrogens (tertiary/aromatic N) is 1. The van der Waals surface area contributed by atoms with E-state index in [0.29, 0.717) is 17.2 Å². The highest BCUT2D eigenvalue weighted by Gasteiger charge is 2.13. The highest BCUT2D eigenvalue weighted by molar-refractivity contribution is 5.95. The quantitative estimate of drug-likeness (QED) is 0.759. The maximum atomic E-state index is 11.2. The van der Waals surface area contributed by atoms with Gasteiger partial charge in [-0.25, -0.2) is 0 Å². The van der Waals surface area contributed by atoms with Gasteiger partial charge in [0.2, 0.25) is 5.91 Å². The van der Waals surface area contributed by atoms with Crippen molar-refractivity contribution in [2.45, 2.75) is 27.2 Å². The van der Waals surface area contributed by atoms with Crippen LogP contribution in [-0.2, 0) is 0 Å². The SMILES string of the molecule is CCC(C)CN(CC)c1cc(C(N)=O)ccc1N. The molecule has 0 heterocycles. The van der Waals surface area contributed by atoms with Gasteiger partial charge in [-0.3, -0.25) is 4.79 Å². The molecule has 0 aliphatic rings. The molecule has 0 bridgehead atoms. The fourth-order valence-electron chi connectivity index (χ4n) is 1.87. The highest BCUT2D eigenvalue weighted by Crippen LogP contribution is 2.25. The molecule has 1 rings (SSSR count). The summed E-state index contributed by atoms with van der Waals surface area (Å²) in [6, 6.07) is 5.19. The van der Waals surface area contributed by atoms with Gasteiger partial charge < -0.3 is 16.4 Å². The standard InChI is InChI=1S/C14H23N3O/c1-4-10(3)9-17(5-2)13-8-11(14(16)18)6-7-12(13)15/h6-8,10H,4-5,9,15H2,1-3H3,(H2,16,18). The van der Waals surface area contributed by atoms with Crippen LogP contribution in [0.1, 0.15) is 37.6 Å². The first-order valence-corrected chi connectivity index (χ1v) is 6.43. The summed E-state index contributed by atoms with van der Waals surface area (Å²) in [5.41, 5.74) is 13.4. The summed E-state index contributed by atoms with van der Waals surface area (Å²) < 4.78 is 0. The minimum Gasteiger partial charge on any atom is -0.397 e. The number of nitrogens with two attached hydrogens (primary N) is 2. The third kappa shape index (κ3) is 3.39. The number of amides is 1. The number of hydrogen-bond donors (Lipinski definition) is 2. The van der Waals surface area contributed by atoms with Gasteiger partial charge in [-0.2, -0.15) is 0 Å². The average molecular weight is 249 g/mol. The number of rotatable bonds is 6. The number of primary amides is 1. The van der Waals surface area contributed by atoms with E-state index in [-0.39, 0.29) is 0 Å². The molecule has 1 aromatic carbocycles. The molecule has 4 heteroatoms. The summed E-state index contributed by atoms with van der Waals surface area (Å²) in [5.74, 6) is 0.164. The molecule has 100 valence electrons. The zero-order valence-electron chi connectivity index (χ0n) is 11.4. The molecule has 1 unspecified atom stereocenters. The van der Waals surface area contributed by atoms with Gasteiger partial charge in [0.05, 0.1) is 11.4 Å². The molecule has 1 atom stereocenters. The van der Waals surface area contributed by atoms with E-state index in [1.807, 2.05) is 0 Å². The molecule has 1 amide bonds. The topological polar surface area (TPSA) is 72.3 Å². The molecule has 0 saturated carbocycles. The molecule has 0 aliphatic heterocycles. The van der Waals surface area contributed by atoms with Gasteiger partial charge in [0.25, 0.3) is 0 Å². The Morgan fingerprint density at radius 2 is 2.06 bits per heavy atom. The van der Waals surface area contributed by atoms with Gasteiger partial charge in [0, 0.05) is 18.7 Å². The molecule has 0 saturated heterocycles. The Morgan fingerprint density at radius 1 is 1.39 bits per heavy atom. The van der Waals surface area contributed by atoms with Crippen LogP contribution in [0.15, 0.2) is 18.2 Å². The monoisotopic (exact) mass is 249 g/mol.